The molecule has 0 bridgehead atoms. The van der Waals surface area contributed by atoms with Crippen molar-refractivity contribution < 1.29 is 62.6 Å². The van der Waals surface area contributed by atoms with Crippen molar-refractivity contribution >= 4 is 70.9 Å². The Labute approximate surface area is 549 Å². The second kappa shape index (κ2) is 34.3. The number of likely N-dealkylation sites (N-methyl/N-ethyl adjacent to an activating group) is 6. The van der Waals surface area contributed by atoms with Crippen molar-refractivity contribution in [3.05, 3.63) is 71.8 Å². The smallest absolute Gasteiger partial charge is 0.248 e. The number of nitrogens with one attached hydrogen (secondary N) is 4. The quantitative estimate of drug-likeness (QED) is 0.215. The predicted octanol–water partition coefficient (Wildman–Crippen LogP) is 1.97. The van der Waals surface area contributed by atoms with Gasteiger partial charge in [0.1, 0.15) is 66.5 Å². The van der Waals surface area contributed by atoms with Crippen LogP contribution in [0.25, 0.3) is 0 Å². The molecule has 3 aliphatic heterocycles. The van der Waals surface area contributed by atoms with E-state index in [0.29, 0.717) is 49.9 Å². The Morgan fingerprint density at radius 1 is 0.516 bits per heavy atom. The van der Waals surface area contributed by atoms with Gasteiger partial charge < -0.3 is 65.6 Å². The van der Waals surface area contributed by atoms with Crippen LogP contribution in [0.1, 0.15) is 132 Å². The summed E-state index contributed by atoms with van der Waals surface area (Å²) in [4.78, 5) is 187. The zero-order chi connectivity index (χ0) is 69.5. The van der Waals surface area contributed by atoms with Crippen LogP contribution in [0, 0.1) is 17.8 Å². The zero-order valence-corrected chi connectivity index (χ0v) is 57.6. The third-order valence-corrected chi connectivity index (χ3v) is 19.0. The van der Waals surface area contributed by atoms with E-state index in [4.69, 9.17) is 0 Å². The third kappa shape index (κ3) is 19.1. The fourth-order valence-electron chi connectivity index (χ4n) is 12.4. The van der Waals surface area contributed by atoms with Gasteiger partial charge in [-0.15, -0.1) is 0 Å². The topological polar surface area (TPSA) is 299 Å². The van der Waals surface area contributed by atoms with E-state index in [0.717, 1.165) is 16.2 Å². The van der Waals surface area contributed by atoms with Gasteiger partial charge in [0.15, 0.2) is 0 Å². The van der Waals surface area contributed by atoms with Crippen LogP contribution < -0.4 is 21.3 Å². The number of aliphatic hydroxyl groups is 1. The summed E-state index contributed by atoms with van der Waals surface area (Å²) in [6, 6.07) is 3.43. The Morgan fingerprint density at radius 3 is 1.56 bits per heavy atom. The molecule has 25 nitrogen and oxygen atoms in total. The highest BCUT2D eigenvalue weighted by Crippen LogP contribution is 2.26. The number of fused-ring (bicyclic) bond motifs is 1. The Kier molecular flexibility index (Phi) is 27.9. The van der Waals surface area contributed by atoms with E-state index in [1.54, 1.807) is 86.3 Å². The highest BCUT2D eigenvalue weighted by molar-refractivity contribution is 6.00. The first-order valence-corrected chi connectivity index (χ1v) is 32.9. The van der Waals surface area contributed by atoms with Crippen LogP contribution in [0.5, 0.6) is 0 Å². The highest BCUT2D eigenvalue weighted by atomic mass is 16.3. The van der Waals surface area contributed by atoms with Crippen molar-refractivity contribution in [2.75, 3.05) is 61.9 Å². The Hall–Kier alpha value is -7.96. The van der Waals surface area contributed by atoms with E-state index in [-0.39, 0.29) is 38.1 Å². The number of aliphatic hydroxyl groups excluding tert-OH is 1. The molecule has 2 aromatic carbocycles. The number of rotatable bonds is 11. The number of carbonyl (C=O) groups excluding carboxylic acids is 12. The molecule has 0 spiro atoms. The summed E-state index contributed by atoms with van der Waals surface area (Å²) in [5.41, 5.74) is 1.33. The van der Waals surface area contributed by atoms with Gasteiger partial charge in [0.25, 0.3) is 0 Å². The Balaban J connectivity index is 1.62. The number of hydrogen-bond donors (Lipinski definition) is 5. The monoisotopic (exact) mass is 1300 g/mol. The maximum Gasteiger partial charge on any atom is 0.248 e. The molecule has 0 saturated carbocycles. The fourth-order valence-corrected chi connectivity index (χ4v) is 12.4. The number of likely N-dealkylation sites (tertiary alicyclic amines) is 1. The fraction of sp³-hybridized carbons (Fsp3) is 0.647. The van der Waals surface area contributed by atoms with Gasteiger partial charge in [0, 0.05) is 74.8 Å². The predicted molar refractivity (Wildman–Crippen MR) is 350 cm³/mol. The number of amides is 12. The Morgan fingerprint density at radius 2 is 1.03 bits per heavy atom. The van der Waals surface area contributed by atoms with Gasteiger partial charge in [-0.2, -0.15) is 0 Å². The first-order chi connectivity index (χ1) is 43.7. The molecule has 5 N–H and O–H groups in total. The van der Waals surface area contributed by atoms with Crippen molar-refractivity contribution in [2.45, 2.75) is 206 Å². The third-order valence-electron chi connectivity index (χ3n) is 19.0. The van der Waals surface area contributed by atoms with E-state index < -0.39 is 162 Å². The van der Waals surface area contributed by atoms with Gasteiger partial charge in [0.2, 0.25) is 70.9 Å². The van der Waals surface area contributed by atoms with Crippen LogP contribution >= 0.6 is 0 Å². The first-order valence-electron chi connectivity index (χ1n) is 32.9. The lowest BCUT2D eigenvalue weighted by atomic mass is 9.95. The lowest BCUT2D eigenvalue weighted by Gasteiger charge is -2.38. The van der Waals surface area contributed by atoms with Crippen molar-refractivity contribution in [1.29, 1.82) is 0 Å². The van der Waals surface area contributed by atoms with Crippen molar-refractivity contribution in [1.82, 2.24) is 60.5 Å². The van der Waals surface area contributed by atoms with Gasteiger partial charge in [-0.05, 0) is 95.1 Å². The number of hydrogen-bond acceptors (Lipinski definition) is 13. The number of benzene rings is 2. The molecule has 0 aliphatic carbocycles. The molecule has 0 unspecified atom stereocenters. The van der Waals surface area contributed by atoms with Crippen LogP contribution in [0.4, 0.5) is 0 Å². The summed E-state index contributed by atoms with van der Waals surface area (Å²) in [5, 5.41) is 22.3. The molecule has 13 atom stereocenters. The van der Waals surface area contributed by atoms with Gasteiger partial charge in [0.05, 0.1) is 12.5 Å². The summed E-state index contributed by atoms with van der Waals surface area (Å²) in [6.45, 7) is 17.2. The van der Waals surface area contributed by atoms with E-state index >= 15 is 9.59 Å². The van der Waals surface area contributed by atoms with Gasteiger partial charge in [-0.3, -0.25) is 57.5 Å². The maximum absolute atomic E-state index is 15.1. The summed E-state index contributed by atoms with van der Waals surface area (Å²) in [6.07, 6.45) is 1.11. The molecule has 93 heavy (non-hydrogen) atoms. The van der Waals surface area contributed by atoms with Crippen LogP contribution in [-0.4, -0.2) is 250 Å². The SMILES string of the molecule is CC[C@H](C)[C@@H]1NC(=O)[C@H](Cc2ccccc2)N(C)C(=O)[C@H](C)N(C)C(=O)[C@H]([C@@H](C)O)NC(=O)[C@@H](C)N(C)C(=O)C[C@@H](C(=O)N2CCCCC2)NC(=O)[C@H](CC(C)C)N(C)C(=O)[C@H](C)N(C)C(=O)[C@H](Cc2ccccc2)NC(=O)[C@H](C(C)C)N(C)C(=O)[C@@H]2CCCN2C1=O. The Bertz CT molecular complexity index is 2960. The van der Waals surface area contributed by atoms with E-state index in [1.165, 1.54) is 94.5 Å². The molecule has 3 aliphatic rings. The van der Waals surface area contributed by atoms with Gasteiger partial charge >= 0.3 is 0 Å². The standard InChI is InChI=1S/C68H104N12O13/c1-17-42(6)55-68(93)80-35-27-32-51(80)66(91)78(16)57(41(4)5)61(86)70-49(37-47-28-21-18-22-29-47)64(89)74(12)44(8)62(87)76(14)52(36-40(2)3)59(84)69-50(65(90)79-33-25-20-26-34-79)39-54(82)73(11)43(7)58(83)72-56(46(10)81)67(92)75(13)45(9)63(88)77(15)53(60(85)71-55)38-48-30-23-19-24-31-48/h18-19,21-24,28-31,40-46,49-53,55-57,81H,17,20,25-27,32-39H2,1-16H3,(H,69,84)(H,70,86)(H,71,85)(H,72,83)/t42-,43+,44-,45-,46+,49-,50-,51-,52-,53-,55-,56-,57-/m0/s1. The molecule has 25 heteroatoms. The van der Waals surface area contributed by atoms with Crippen LogP contribution in [0.15, 0.2) is 60.7 Å². The highest BCUT2D eigenvalue weighted by Gasteiger charge is 2.46. The average Bonchev–Trinajstić information content (AvgIpc) is 1.99. The summed E-state index contributed by atoms with van der Waals surface area (Å²) in [7, 11) is 8.29. The minimum atomic E-state index is -1.67. The molecule has 3 heterocycles. The van der Waals surface area contributed by atoms with Crippen LogP contribution in [-0.2, 0) is 70.4 Å². The van der Waals surface area contributed by atoms with E-state index in [1.807, 2.05) is 20.8 Å². The van der Waals surface area contributed by atoms with Gasteiger partial charge in [-0.1, -0.05) is 109 Å². The van der Waals surface area contributed by atoms with E-state index in [9.17, 15) is 53.1 Å². The lowest BCUT2D eigenvalue weighted by Crippen LogP contribution is -2.62. The number of nitrogens with zero attached hydrogens (tertiary/aromatic N) is 8. The molecule has 5 rings (SSSR count). The second-order valence-electron chi connectivity index (χ2n) is 26.5. The number of piperidine rings is 1. The maximum atomic E-state index is 15.1. The summed E-state index contributed by atoms with van der Waals surface area (Å²) < 4.78 is 0. The molecule has 0 aromatic heterocycles. The minimum absolute atomic E-state index is 0.0287. The van der Waals surface area contributed by atoms with Crippen LogP contribution in [0.2, 0.25) is 0 Å². The molecule has 3 saturated heterocycles. The normalized spacial score (nSPS) is 27.6. The lowest BCUT2D eigenvalue weighted by molar-refractivity contribution is -0.152. The molecule has 3 fully saturated rings. The van der Waals surface area contributed by atoms with Crippen molar-refractivity contribution in [3.8, 4) is 0 Å². The second-order valence-corrected chi connectivity index (χ2v) is 26.5. The van der Waals surface area contributed by atoms with Crippen molar-refractivity contribution in [2.24, 2.45) is 17.8 Å². The molecule has 12 amide bonds. The molecule has 514 valence electrons. The van der Waals surface area contributed by atoms with E-state index in [2.05, 4.69) is 21.3 Å². The van der Waals surface area contributed by atoms with Gasteiger partial charge in [-0.25, -0.2) is 0 Å². The van der Waals surface area contributed by atoms with Crippen LogP contribution in [0.3, 0.4) is 0 Å². The summed E-state index contributed by atoms with van der Waals surface area (Å²) >= 11 is 0. The largest absolute Gasteiger partial charge is 0.391 e. The summed E-state index contributed by atoms with van der Waals surface area (Å²) in [5.74, 6) is -9.67. The zero-order valence-electron chi connectivity index (χ0n) is 57.6. The average molecular weight is 1300 g/mol. The molecular formula is C68H104N12O13. The number of carbonyl (C=O) groups is 12. The first kappa shape index (κ1) is 75.8. The minimum Gasteiger partial charge on any atom is -0.391 e. The van der Waals surface area contributed by atoms with Crippen molar-refractivity contribution in [3.63, 3.8) is 0 Å². The molecule has 2 aromatic rings. The molecule has 0 radical (unpaired) electrons. The molecular weight excluding hydrogens is 1190 g/mol.